The Morgan fingerprint density at radius 1 is 1.41 bits per heavy atom. The van der Waals surface area contributed by atoms with E-state index < -0.39 is 0 Å². The number of pyridine rings is 1. The highest BCUT2D eigenvalue weighted by Crippen LogP contribution is 2.05. The van der Waals surface area contributed by atoms with Gasteiger partial charge >= 0.3 is 0 Å². The summed E-state index contributed by atoms with van der Waals surface area (Å²) in [6.45, 7) is 6.03. The van der Waals surface area contributed by atoms with Crippen molar-refractivity contribution < 1.29 is 9.32 Å². The molecule has 7 heteroatoms. The van der Waals surface area contributed by atoms with Crippen LogP contribution in [0.25, 0.3) is 0 Å². The van der Waals surface area contributed by atoms with Gasteiger partial charge in [0.1, 0.15) is 5.69 Å². The van der Waals surface area contributed by atoms with E-state index in [1.165, 1.54) is 12.1 Å². The molecule has 0 unspecified atom stereocenters. The average Bonchev–Trinajstić information content (AvgIpc) is 2.86. The van der Waals surface area contributed by atoms with E-state index in [9.17, 15) is 9.59 Å². The van der Waals surface area contributed by atoms with Crippen LogP contribution < -0.4 is 10.7 Å². The Kier molecular flexibility index (Phi) is 4.75. The molecule has 0 aliphatic rings. The molecule has 7 nitrogen and oxygen atoms in total. The second-order valence-electron chi connectivity index (χ2n) is 5.66. The molecular formula is C15H20N4O3. The van der Waals surface area contributed by atoms with Gasteiger partial charge < -0.3 is 14.4 Å². The van der Waals surface area contributed by atoms with Gasteiger partial charge in [-0.2, -0.15) is 4.98 Å². The molecule has 0 bridgehead atoms. The molecule has 0 spiro atoms. The molecule has 118 valence electrons. The Morgan fingerprint density at radius 2 is 2.14 bits per heavy atom. The van der Waals surface area contributed by atoms with Crippen molar-refractivity contribution in [3.05, 3.63) is 45.5 Å². The molecule has 22 heavy (non-hydrogen) atoms. The van der Waals surface area contributed by atoms with E-state index in [2.05, 4.69) is 29.3 Å². The number of amides is 1. The van der Waals surface area contributed by atoms with Crippen molar-refractivity contribution in [3.8, 4) is 0 Å². The third-order valence-corrected chi connectivity index (χ3v) is 3.25. The van der Waals surface area contributed by atoms with E-state index in [4.69, 9.17) is 4.52 Å². The molecule has 2 rings (SSSR count). The standard InChI is InChI=1S/C15H20N4O3/c1-9(2)5-13-17-14(22-18-13)8-16-15(21)12-7-11(20)6-10(3)19(12)4/h6-7,9H,5,8H2,1-4H3,(H,16,21). The highest BCUT2D eigenvalue weighted by atomic mass is 16.5. The first kappa shape index (κ1) is 15.9. The first-order valence-corrected chi connectivity index (χ1v) is 7.14. The lowest BCUT2D eigenvalue weighted by molar-refractivity contribution is 0.0937. The monoisotopic (exact) mass is 304 g/mol. The van der Waals surface area contributed by atoms with Crippen molar-refractivity contribution in [2.45, 2.75) is 33.7 Å². The van der Waals surface area contributed by atoms with Crippen molar-refractivity contribution in [2.75, 3.05) is 0 Å². The molecule has 0 aliphatic heterocycles. The van der Waals surface area contributed by atoms with Crippen molar-refractivity contribution in [3.63, 3.8) is 0 Å². The van der Waals surface area contributed by atoms with Crippen LogP contribution in [0.15, 0.2) is 21.5 Å². The van der Waals surface area contributed by atoms with E-state index in [0.717, 1.165) is 12.1 Å². The molecular weight excluding hydrogens is 284 g/mol. The summed E-state index contributed by atoms with van der Waals surface area (Å²) in [6.07, 6.45) is 0.726. The molecule has 0 saturated carbocycles. The minimum absolute atomic E-state index is 0.131. The molecule has 0 atom stereocenters. The van der Waals surface area contributed by atoms with Crippen LogP contribution in [0.1, 0.15) is 41.7 Å². The number of hydrogen-bond donors (Lipinski definition) is 1. The van der Waals surface area contributed by atoms with Crippen molar-refractivity contribution in [1.29, 1.82) is 0 Å². The molecule has 0 saturated heterocycles. The number of aromatic nitrogens is 3. The molecule has 2 aromatic rings. The van der Waals surface area contributed by atoms with Gasteiger partial charge in [-0.1, -0.05) is 19.0 Å². The molecule has 0 radical (unpaired) electrons. The van der Waals surface area contributed by atoms with E-state index >= 15 is 0 Å². The van der Waals surface area contributed by atoms with Crippen LogP contribution in [-0.2, 0) is 20.0 Å². The van der Waals surface area contributed by atoms with Crippen LogP contribution in [-0.4, -0.2) is 20.6 Å². The highest BCUT2D eigenvalue weighted by Gasteiger charge is 2.13. The number of carbonyl (C=O) groups excluding carboxylic acids is 1. The third-order valence-electron chi connectivity index (χ3n) is 3.25. The lowest BCUT2D eigenvalue weighted by Crippen LogP contribution is -2.28. The van der Waals surface area contributed by atoms with Crippen molar-refractivity contribution in [1.82, 2.24) is 20.0 Å². The predicted octanol–water partition coefficient (Wildman–Crippen LogP) is 1.21. The summed E-state index contributed by atoms with van der Waals surface area (Å²) in [4.78, 5) is 27.9. The van der Waals surface area contributed by atoms with E-state index in [1.807, 2.05) is 0 Å². The van der Waals surface area contributed by atoms with Gasteiger partial charge in [0.2, 0.25) is 5.89 Å². The quantitative estimate of drug-likeness (QED) is 0.896. The number of nitrogens with zero attached hydrogens (tertiary/aromatic N) is 3. The topological polar surface area (TPSA) is 90.0 Å². The number of aryl methyl sites for hydroxylation is 1. The number of carbonyl (C=O) groups is 1. The van der Waals surface area contributed by atoms with Gasteiger partial charge in [0.15, 0.2) is 11.3 Å². The predicted molar refractivity (Wildman–Crippen MR) is 80.4 cm³/mol. The van der Waals surface area contributed by atoms with Crippen LogP contribution in [0.5, 0.6) is 0 Å². The second-order valence-corrected chi connectivity index (χ2v) is 5.66. The van der Waals surface area contributed by atoms with Crippen LogP contribution >= 0.6 is 0 Å². The molecule has 0 aromatic carbocycles. The fourth-order valence-electron chi connectivity index (χ4n) is 2.04. The maximum Gasteiger partial charge on any atom is 0.268 e. The van der Waals surface area contributed by atoms with Crippen molar-refractivity contribution in [2.24, 2.45) is 13.0 Å². The summed E-state index contributed by atoms with van der Waals surface area (Å²) < 4.78 is 6.75. The zero-order valence-electron chi connectivity index (χ0n) is 13.2. The largest absolute Gasteiger partial charge is 0.344 e. The summed E-state index contributed by atoms with van der Waals surface area (Å²) in [5.41, 5.74) is 0.819. The van der Waals surface area contributed by atoms with Crippen LogP contribution in [0.3, 0.4) is 0 Å². The zero-order valence-corrected chi connectivity index (χ0v) is 13.2. The summed E-state index contributed by atoms with van der Waals surface area (Å²) in [6, 6.07) is 2.79. The van der Waals surface area contributed by atoms with Gasteiger partial charge in [-0.05, 0) is 12.8 Å². The Morgan fingerprint density at radius 3 is 2.82 bits per heavy atom. The average molecular weight is 304 g/mol. The molecule has 2 aromatic heterocycles. The van der Waals surface area contributed by atoms with Gasteiger partial charge in [0.25, 0.3) is 5.91 Å². The first-order chi connectivity index (χ1) is 10.4. The first-order valence-electron chi connectivity index (χ1n) is 7.14. The van der Waals surface area contributed by atoms with Crippen LogP contribution in [0.2, 0.25) is 0 Å². The molecule has 2 heterocycles. The highest BCUT2D eigenvalue weighted by molar-refractivity contribution is 5.92. The summed E-state index contributed by atoms with van der Waals surface area (Å²) in [5, 5.41) is 6.54. The second kappa shape index (κ2) is 6.55. The van der Waals surface area contributed by atoms with Gasteiger partial charge in [-0.3, -0.25) is 9.59 Å². The Balaban J connectivity index is 2.04. The van der Waals surface area contributed by atoms with Gasteiger partial charge in [0, 0.05) is 31.3 Å². The zero-order chi connectivity index (χ0) is 16.3. The van der Waals surface area contributed by atoms with Gasteiger partial charge in [-0.15, -0.1) is 0 Å². The Bertz CT molecular complexity index is 731. The number of rotatable bonds is 5. The van der Waals surface area contributed by atoms with E-state index in [1.54, 1.807) is 18.5 Å². The summed E-state index contributed by atoms with van der Waals surface area (Å²) in [7, 11) is 1.73. The maximum atomic E-state index is 12.2. The lowest BCUT2D eigenvalue weighted by Gasteiger charge is -2.10. The third kappa shape index (κ3) is 3.81. The van der Waals surface area contributed by atoms with Gasteiger partial charge in [0.05, 0.1) is 6.54 Å². The SMILES string of the molecule is Cc1cc(=O)cc(C(=O)NCc2nc(CC(C)C)no2)n1C. The summed E-state index contributed by atoms with van der Waals surface area (Å²) >= 11 is 0. The van der Waals surface area contributed by atoms with Gasteiger partial charge in [-0.25, -0.2) is 0 Å². The fourth-order valence-corrected chi connectivity index (χ4v) is 2.04. The lowest BCUT2D eigenvalue weighted by atomic mass is 10.1. The van der Waals surface area contributed by atoms with E-state index in [-0.39, 0.29) is 17.9 Å². The maximum absolute atomic E-state index is 12.2. The fraction of sp³-hybridized carbons (Fsp3) is 0.467. The number of nitrogens with one attached hydrogen (secondary N) is 1. The molecule has 1 N–H and O–H groups in total. The molecule has 1 amide bonds. The van der Waals surface area contributed by atoms with Crippen LogP contribution in [0.4, 0.5) is 0 Å². The Labute approximate surface area is 128 Å². The van der Waals surface area contributed by atoms with E-state index in [0.29, 0.717) is 23.3 Å². The molecule has 0 aliphatic carbocycles. The normalized spacial score (nSPS) is 11.0. The minimum Gasteiger partial charge on any atom is -0.344 e. The minimum atomic E-state index is -0.355. The Hall–Kier alpha value is -2.44. The van der Waals surface area contributed by atoms with Crippen LogP contribution in [0, 0.1) is 12.8 Å². The smallest absolute Gasteiger partial charge is 0.268 e. The number of hydrogen-bond acceptors (Lipinski definition) is 5. The molecule has 0 fully saturated rings. The summed E-state index contributed by atoms with van der Waals surface area (Å²) in [5.74, 6) is 1.05. The van der Waals surface area contributed by atoms with Crippen molar-refractivity contribution >= 4 is 5.91 Å².